The van der Waals surface area contributed by atoms with Gasteiger partial charge in [0.15, 0.2) is 0 Å². The summed E-state index contributed by atoms with van der Waals surface area (Å²) in [6.45, 7) is 6.40. The van der Waals surface area contributed by atoms with E-state index >= 15 is 0 Å². The molecule has 0 amide bonds. The van der Waals surface area contributed by atoms with Crippen LogP contribution in [-0.4, -0.2) is 39.3 Å². The lowest BCUT2D eigenvalue weighted by molar-refractivity contribution is 0.0911. The van der Waals surface area contributed by atoms with Crippen LogP contribution in [0, 0.1) is 5.92 Å². The summed E-state index contributed by atoms with van der Waals surface area (Å²) in [5.74, 6) is 0.830. The minimum Gasteiger partial charge on any atom is -0.378 e. The highest BCUT2D eigenvalue weighted by Gasteiger charge is 2.12. The Morgan fingerprint density at radius 1 is 1.31 bits per heavy atom. The van der Waals surface area contributed by atoms with E-state index in [1.807, 2.05) is 20.8 Å². The van der Waals surface area contributed by atoms with Crippen molar-refractivity contribution in [3.8, 4) is 0 Å². The summed E-state index contributed by atoms with van der Waals surface area (Å²) in [5.41, 5.74) is 0. The summed E-state index contributed by atoms with van der Waals surface area (Å²) in [6.07, 6.45) is 0.873. The molecule has 0 spiro atoms. The fourth-order valence-corrected chi connectivity index (χ4v) is 2.39. The summed E-state index contributed by atoms with van der Waals surface area (Å²) >= 11 is 5.57. The summed E-state index contributed by atoms with van der Waals surface area (Å²) in [4.78, 5) is 0. The van der Waals surface area contributed by atoms with Crippen molar-refractivity contribution in [3.63, 3.8) is 0 Å². The number of rotatable bonds is 9. The molecule has 0 heterocycles. The topological polar surface area (TPSA) is 55.4 Å². The van der Waals surface area contributed by atoms with Gasteiger partial charge in [0.1, 0.15) is 0 Å². The molecule has 0 aliphatic carbocycles. The lowest BCUT2D eigenvalue weighted by Gasteiger charge is -2.12. The molecule has 98 valence electrons. The summed E-state index contributed by atoms with van der Waals surface area (Å²) in [6, 6.07) is 0. The lowest BCUT2D eigenvalue weighted by Crippen LogP contribution is -2.32. The minimum absolute atomic E-state index is 0.0127. The third kappa shape index (κ3) is 9.39. The largest absolute Gasteiger partial charge is 0.378 e. The van der Waals surface area contributed by atoms with Gasteiger partial charge >= 0.3 is 0 Å². The molecule has 0 rings (SSSR count). The van der Waals surface area contributed by atoms with E-state index in [0.717, 1.165) is 6.42 Å². The molecule has 4 nitrogen and oxygen atoms in total. The number of nitrogens with one attached hydrogen (secondary N) is 1. The van der Waals surface area contributed by atoms with Crippen LogP contribution in [0.5, 0.6) is 0 Å². The van der Waals surface area contributed by atoms with Crippen LogP contribution in [0.15, 0.2) is 0 Å². The van der Waals surface area contributed by atoms with Gasteiger partial charge < -0.3 is 4.74 Å². The van der Waals surface area contributed by atoms with Gasteiger partial charge in [0.25, 0.3) is 0 Å². The molecule has 1 atom stereocenters. The van der Waals surface area contributed by atoms with E-state index in [9.17, 15) is 8.42 Å². The Hall–Kier alpha value is 0.160. The zero-order chi connectivity index (χ0) is 12.6. The maximum atomic E-state index is 11.5. The summed E-state index contributed by atoms with van der Waals surface area (Å²) < 4.78 is 30.7. The Morgan fingerprint density at radius 2 is 1.94 bits per heavy atom. The molecule has 0 aromatic carbocycles. The second kappa shape index (κ2) is 8.28. The van der Waals surface area contributed by atoms with Crippen molar-refractivity contribution in [1.82, 2.24) is 4.72 Å². The van der Waals surface area contributed by atoms with E-state index in [-0.39, 0.29) is 24.4 Å². The Labute approximate surface area is 104 Å². The number of hydrogen-bond donors (Lipinski definition) is 1. The molecule has 1 unspecified atom stereocenters. The van der Waals surface area contributed by atoms with Crippen LogP contribution in [0.3, 0.4) is 0 Å². The van der Waals surface area contributed by atoms with Crippen LogP contribution in [0.2, 0.25) is 0 Å². The van der Waals surface area contributed by atoms with E-state index in [2.05, 4.69) is 4.72 Å². The Balaban J connectivity index is 3.78. The van der Waals surface area contributed by atoms with E-state index in [0.29, 0.717) is 12.4 Å². The molecule has 0 radical (unpaired) electrons. The SMILES string of the molecule is CC(CCCl)CNS(=O)(=O)CCOC(C)C. The second-order valence-electron chi connectivity index (χ2n) is 4.17. The highest BCUT2D eigenvalue weighted by molar-refractivity contribution is 7.89. The summed E-state index contributed by atoms with van der Waals surface area (Å²) in [5, 5.41) is 0. The maximum Gasteiger partial charge on any atom is 0.213 e. The number of hydrogen-bond acceptors (Lipinski definition) is 3. The van der Waals surface area contributed by atoms with Crippen molar-refractivity contribution in [1.29, 1.82) is 0 Å². The first-order valence-electron chi connectivity index (χ1n) is 5.52. The van der Waals surface area contributed by atoms with Crippen molar-refractivity contribution in [2.24, 2.45) is 5.92 Å². The van der Waals surface area contributed by atoms with Gasteiger partial charge in [-0.05, 0) is 26.2 Å². The standard InChI is InChI=1S/C10H22ClNO3S/c1-9(2)15-6-7-16(13,14)12-8-10(3)4-5-11/h9-10,12H,4-8H2,1-3H3. The molecule has 0 aliphatic heterocycles. The average molecular weight is 272 g/mol. The average Bonchev–Trinajstić information content (AvgIpc) is 2.14. The van der Waals surface area contributed by atoms with Crippen molar-refractivity contribution in [3.05, 3.63) is 0 Å². The van der Waals surface area contributed by atoms with Gasteiger partial charge in [-0.25, -0.2) is 13.1 Å². The van der Waals surface area contributed by atoms with Gasteiger partial charge in [0, 0.05) is 12.4 Å². The molecule has 16 heavy (non-hydrogen) atoms. The molecule has 0 aliphatic rings. The smallest absolute Gasteiger partial charge is 0.213 e. The minimum atomic E-state index is -3.21. The van der Waals surface area contributed by atoms with Crippen molar-refractivity contribution in [2.45, 2.75) is 33.3 Å². The molecule has 0 aromatic heterocycles. The molecule has 0 fully saturated rings. The maximum absolute atomic E-state index is 11.5. The van der Waals surface area contributed by atoms with Gasteiger partial charge in [-0.15, -0.1) is 11.6 Å². The van der Waals surface area contributed by atoms with Crippen molar-refractivity contribution < 1.29 is 13.2 Å². The highest BCUT2D eigenvalue weighted by atomic mass is 35.5. The molecule has 0 saturated heterocycles. The highest BCUT2D eigenvalue weighted by Crippen LogP contribution is 2.02. The van der Waals surface area contributed by atoms with Crippen LogP contribution < -0.4 is 4.72 Å². The van der Waals surface area contributed by atoms with Crippen molar-refractivity contribution >= 4 is 21.6 Å². The molecular formula is C10H22ClNO3S. The van der Waals surface area contributed by atoms with E-state index < -0.39 is 10.0 Å². The molecule has 1 N–H and O–H groups in total. The van der Waals surface area contributed by atoms with Crippen LogP contribution in [0.1, 0.15) is 27.2 Å². The number of ether oxygens (including phenoxy) is 1. The molecule has 0 bridgehead atoms. The Morgan fingerprint density at radius 3 is 2.44 bits per heavy atom. The van der Waals surface area contributed by atoms with Gasteiger partial charge in [0.2, 0.25) is 10.0 Å². The zero-order valence-electron chi connectivity index (χ0n) is 10.2. The van der Waals surface area contributed by atoms with E-state index in [4.69, 9.17) is 16.3 Å². The van der Waals surface area contributed by atoms with Gasteiger partial charge in [-0.1, -0.05) is 6.92 Å². The zero-order valence-corrected chi connectivity index (χ0v) is 11.8. The number of sulfonamides is 1. The fourth-order valence-electron chi connectivity index (χ4n) is 1.02. The van der Waals surface area contributed by atoms with Gasteiger partial charge in [-0.2, -0.15) is 0 Å². The second-order valence-corrected chi connectivity index (χ2v) is 6.47. The molecular weight excluding hydrogens is 250 g/mol. The molecule has 0 saturated carbocycles. The van der Waals surface area contributed by atoms with Gasteiger partial charge in [0.05, 0.1) is 18.5 Å². The van der Waals surface area contributed by atoms with Gasteiger partial charge in [-0.3, -0.25) is 0 Å². The lowest BCUT2D eigenvalue weighted by atomic mass is 10.1. The third-order valence-electron chi connectivity index (χ3n) is 2.06. The third-order valence-corrected chi connectivity index (χ3v) is 3.59. The number of alkyl halides is 1. The first kappa shape index (κ1) is 16.2. The molecule has 6 heteroatoms. The van der Waals surface area contributed by atoms with Crippen molar-refractivity contribution in [2.75, 3.05) is 24.8 Å². The van der Waals surface area contributed by atoms with E-state index in [1.165, 1.54) is 0 Å². The summed E-state index contributed by atoms with van der Waals surface area (Å²) in [7, 11) is -3.21. The number of halogens is 1. The fraction of sp³-hybridized carbons (Fsp3) is 1.00. The van der Waals surface area contributed by atoms with Crippen LogP contribution >= 0.6 is 11.6 Å². The van der Waals surface area contributed by atoms with E-state index in [1.54, 1.807) is 0 Å². The predicted octanol–water partition coefficient (Wildman–Crippen LogP) is 1.60. The Kier molecular flexibility index (Phi) is 8.36. The Bertz CT molecular complexity index is 267. The first-order valence-corrected chi connectivity index (χ1v) is 7.71. The van der Waals surface area contributed by atoms with Crippen LogP contribution in [0.25, 0.3) is 0 Å². The molecule has 0 aromatic rings. The van der Waals surface area contributed by atoms with Crippen LogP contribution in [0.4, 0.5) is 0 Å². The first-order chi connectivity index (χ1) is 7.37. The quantitative estimate of drug-likeness (QED) is 0.648. The van der Waals surface area contributed by atoms with Crippen LogP contribution in [-0.2, 0) is 14.8 Å². The predicted molar refractivity (Wildman–Crippen MR) is 67.4 cm³/mol. The normalized spacial score (nSPS) is 14.3. The monoisotopic (exact) mass is 271 g/mol.